The quantitative estimate of drug-likeness (QED) is 0.186. The van der Waals surface area contributed by atoms with Gasteiger partial charge in [0, 0.05) is 18.1 Å². The number of rotatable bonds is 3. The van der Waals surface area contributed by atoms with Crippen LogP contribution in [0.3, 0.4) is 0 Å². The third kappa shape index (κ3) is 10.0. The van der Waals surface area contributed by atoms with Gasteiger partial charge in [-0.1, -0.05) is 193 Å². The predicted molar refractivity (Wildman–Crippen MR) is 215 cm³/mol. The summed E-state index contributed by atoms with van der Waals surface area (Å²) in [6, 6.07) is 65.1. The maximum absolute atomic E-state index is 4.33. The summed E-state index contributed by atoms with van der Waals surface area (Å²) in [5, 5.41) is 5.57. The van der Waals surface area contributed by atoms with E-state index in [1.54, 1.807) is 0 Å². The van der Waals surface area contributed by atoms with Gasteiger partial charge in [-0.3, -0.25) is 4.68 Å². The molecule has 2 nitrogen and oxygen atoms in total. The topological polar surface area (TPSA) is 17.8 Å². The summed E-state index contributed by atoms with van der Waals surface area (Å²) in [5.74, 6) is 0. The molecule has 0 aliphatic rings. The van der Waals surface area contributed by atoms with E-state index >= 15 is 0 Å². The van der Waals surface area contributed by atoms with E-state index in [1.165, 1.54) is 61.2 Å². The maximum Gasteiger partial charge on any atom is 0.0926 e. The Morgan fingerprint density at radius 1 is 0.380 bits per heavy atom. The molecular weight excluding hydrogens is 605 g/mol. The third-order valence-electron chi connectivity index (χ3n) is 8.55. The molecule has 1 aromatic heterocycles. The molecule has 248 valence electrons. The average Bonchev–Trinajstić information content (AvgIpc) is 3.46. The van der Waals surface area contributed by atoms with Gasteiger partial charge in [0.15, 0.2) is 0 Å². The lowest BCUT2D eigenvalue weighted by Gasteiger charge is -2.04. The molecule has 7 aromatic carbocycles. The normalized spacial score (nSPS) is 10.1. The van der Waals surface area contributed by atoms with Gasteiger partial charge in [0.05, 0.1) is 5.52 Å². The zero-order valence-electron chi connectivity index (χ0n) is 29.8. The Balaban J connectivity index is 0.000000130. The summed E-state index contributed by atoms with van der Waals surface area (Å²) < 4.78 is 1.91. The molecule has 0 atom stereocenters. The number of fused-ring (bicyclic) bond motifs is 1. The second-order valence-electron chi connectivity index (χ2n) is 12.4. The van der Waals surface area contributed by atoms with Crippen molar-refractivity contribution in [2.24, 2.45) is 7.05 Å². The van der Waals surface area contributed by atoms with E-state index < -0.39 is 0 Å². The highest BCUT2D eigenvalue weighted by molar-refractivity contribution is 5.81. The van der Waals surface area contributed by atoms with Crippen LogP contribution in [0.1, 0.15) is 22.4 Å². The summed E-state index contributed by atoms with van der Waals surface area (Å²) in [4.78, 5) is 0. The van der Waals surface area contributed by atoms with Gasteiger partial charge >= 0.3 is 0 Å². The van der Waals surface area contributed by atoms with E-state index in [-0.39, 0.29) is 0 Å². The minimum atomic E-state index is 1.08. The average molecular weight is 651 g/mol. The molecule has 8 rings (SSSR count). The lowest BCUT2D eigenvalue weighted by Crippen LogP contribution is -1.91. The molecule has 0 unspecified atom stereocenters. The van der Waals surface area contributed by atoms with E-state index in [4.69, 9.17) is 0 Å². The van der Waals surface area contributed by atoms with Crippen LogP contribution in [0.4, 0.5) is 0 Å². The van der Waals surface area contributed by atoms with Crippen molar-refractivity contribution in [1.29, 1.82) is 0 Å². The van der Waals surface area contributed by atoms with Crippen molar-refractivity contribution in [1.82, 2.24) is 9.78 Å². The van der Waals surface area contributed by atoms with Crippen molar-refractivity contribution in [3.63, 3.8) is 0 Å². The molecule has 8 aromatic rings. The molecule has 0 saturated heterocycles. The third-order valence-corrected chi connectivity index (χ3v) is 8.55. The minimum absolute atomic E-state index is 1.08. The van der Waals surface area contributed by atoms with Gasteiger partial charge in [-0.2, -0.15) is 5.10 Å². The number of aromatic nitrogens is 2. The Morgan fingerprint density at radius 3 is 1.44 bits per heavy atom. The Morgan fingerprint density at radius 2 is 0.860 bits per heavy atom. The van der Waals surface area contributed by atoms with Crippen LogP contribution in [0.15, 0.2) is 188 Å². The first-order chi connectivity index (χ1) is 24.4. The van der Waals surface area contributed by atoms with Crippen LogP contribution in [0, 0.1) is 27.7 Å². The molecule has 0 saturated carbocycles. The summed E-state index contributed by atoms with van der Waals surface area (Å²) >= 11 is 0. The minimum Gasteiger partial charge on any atom is -0.272 e. The summed E-state index contributed by atoms with van der Waals surface area (Å²) in [5.41, 5.74) is 14.0. The zero-order valence-corrected chi connectivity index (χ0v) is 29.8. The Hall–Kier alpha value is -5.99. The van der Waals surface area contributed by atoms with Crippen molar-refractivity contribution >= 4 is 10.9 Å². The molecule has 2 heteroatoms. The maximum atomic E-state index is 4.33. The first kappa shape index (κ1) is 35.3. The highest BCUT2D eigenvalue weighted by Crippen LogP contribution is 2.23. The van der Waals surface area contributed by atoms with Gasteiger partial charge in [-0.15, -0.1) is 0 Å². The number of aryl methyl sites for hydroxylation is 5. The summed E-state index contributed by atoms with van der Waals surface area (Å²) in [6.07, 6.45) is 0. The van der Waals surface area contributed by atoms with Crippen LogP contribution in [0.25, 0.3) is 44.3 Å². The Bertz CT molecular complexity index is 2180. The molecular formula is C48H46N2. The van der Waals surface area contributed by atoms with Gasteiger partial charge in [0.1, 0.15) is 0 Å². The molecule has 0 aliphatic heterocycles. The van der Waals surface area contributed by atoms with Crippen LogP contribution < -0.4 is 0 Å². The fraction of sp³-hybridized carbons (Fsp3) is 0.104. The van der Waals surface area contributed by atoms with Crippen molar-refractivity contribution < 1.29 is 0 Å². The van der Waals surface area contributed by atoms with Crippen LogP contribution in [0.2, 0.25) is 0 Å². The van der Waals surface area contributed by atoms with Crippen molar-refractivity contribution in [3.05, 3.63) is 210 Å². The molecule has 0 fully saturated rings. The fourth-order valence-corrected chi connectivity index (χ4v) is 5.62. The Kier molecular flexibility index (Phi) is 12.7. The van der Waals surface area contributed by atoms with Gasteiger partial charge < -0.3 is 0 Å². The van der Waals surface area contributed by atoms with Gasteiger partial charge in [-0.05, 0) is 72.7 Å². The van der Waals surface area contributed by atoms with Crippen LogP contribution >= 0.6 is 0 Å². The van der Waals surface area contributed by atoms with E-state index in [0.717, 1.165) is 5.52 Å². The number of nitrogens with zero attached hydrogens (tertiary/aromatic N) is 2. The fourth-order valence-electron chi connectivity index (χ4n) is 5.62. The van der Waals surface area contributed by atoms with Crippen molar-refractivity contribution in [2.75, 3.05) is 0 Å². The van der Waals surface area contributed by atoms with E-state index in [9.17, 15) is 0 Å². The molecule has 50 heavy (non-hydrogen) atoms. The van der Waals surface area contributed by atoms with Crippen LogP contribution in [0.5, 0.6) is 0 Å². The summed E-state index contributed by atoms with van der Waals surface area (Å²) in [7, 11) is 1.97. The van der Waals surface area contributed by atoms with Gasteiger partial charge in [-0.25, -0.2) is 0 Å². The number of hydrogen-bond donors (Lipinski definition) is 0. The largest absolute Gasteiger partial charge is 0.272 e. The smallest absolute Gasteiger partial charge is 0.0926 e. The second kappa shape index (κ2) is 18.0. The SMILES string of the molecule is Cc1c2ccccc2nn1C.Cc1ccc(-c2ccccc2)cc1.Cc1cccc(-c2ccccc2)c1.Cc1ccccc1-c1ccccc1. The first-order valence-electron chi connectivity index (χ1n) is 17.1. The van der Waals surface area contributed by atoms with Gasteiger partial charge in [0.25, 0.3) is 0 Å². The molecule has 1 heterocycles. The van der Waals surface area contributed by atoms with E-state index in [1.807, 2.05) is 48.1 Å². The predicted octanol–water partition coefficient (Wildman–Crippen LogP) is 12.9. The molecule has 0 amide bonds. The molecule has 0 radical (unpaired) electrons. The zero-order chi connectivity index (χ0) is 35.1. The standard InChI is InChI=1S/3C13H12.C9H10N2/c1-11-7-5-6-10-13(11)12-8-3-2-4-9-12;1-11-6-5-9-13(10-11)12-7-3-2-4-8-12;1-11-7-9-13(10-8-11)12-5-3-2-4-6-12;1-7-8-5-3-4-6-9(8)10-11(7)2/h3*2-10H,1H3;3-6H,1-2H3. The second-order valence-corrected chi connectivity index (χ2v) is 12.4. The molecule has 0 bridgehead atoms. The lowest BCUT2D eigenvalue weighted by atomic mass is 10.0. The summed E-state index contributed by atoms with van der Waals surface area (Å²) in [6.45, 7) is 8.44. The van der Waals surface area contributed by atoms with Crippen molar-refractivity contribution in [2.45, 2.75) is 27.7 Å². The van der Waals surface area contributed by atoms with E-state index in [2.05, 4.69) is 184 Å². The van der Waals surface area contributed by atoms with E-state index in [0.29, 0.717) is 0 Å². The molecule has 0 spiro atoms. The van der Waals surface area contributed by atoms with Gasteiger partial charge in [0.2, 0.25) is 0 Å². The molecule has 0 N–H and O–H groups in total. The number of hydrogen-bond acceptors (Lipinski definition) is 1. The lowest BCUT2D eigenvalue weighted by molar-refractivity contribution is 0.751. The van der Waals surface area contributed by atoms with Crippen molar-refractivity contribution in [3.8, 4) is 33.4 Å². The van der Waals surface area contributed by atoms with Crippen LogP contribution in [-0.4, -0.2) is 9.78 Å². The monoisotopic (exact) mass is 650 g/mol. The highest BCUT2D eigenvalue weighted by atomic mass is 15.3. The number of benzene rings is 7. The highest BCUT2D eigenvalue weighted by Gasteiger charge is 2.01. The first-order valence-corrected chi connectivity index (χ1v) is 17.1. The Labute approximate surface area is 298 Å². The molecule has 0 aliphatic carbocycles. The van der Waals surface area contributed by atoms with Crippen LogP contribution in [-0.2, 0) is 7.05 Å².